The largest absolute Gasteiger partial charge is 0.397 e. The summed E-state index contributed by atoms with van der Waals surface area (Å²) in [5.74, 6) is 0.599. The van der Waals surface area contributed by atoms with Crippen molar-refractivity contribution in [1.82, 2.24) is 9.80 Å². The van der Waals surface area contributed by atoms with Crippen molar-refractivity contribution in [2.75, 3.05) is 33.2 Å². The van der Waals surface area contributed by atoms with Crippen LogP contribution in [0.15, 0.2) is 45.3 Å². The molecule has 2 aliphatic rings. The average molecular weight is 468 g/mol. The van der Waals surface area contributed by atoms with E-state index in [1.807, 2.05) is 4.90 Å². The van der Waals surface area contributed by atoms with E-state index in [1.165, 1.54) is 12.1 Å². The summed E-state index contributed by atoms with van der Waals surface area (Å²) in [6.45, 7) is 5.00. The molecule has 7 nitrogen and oxygen atoms in total. The molecule has 168 valence electrons. The minimum absolute atomic E-state index is 0.00784. The molecule has 0 bridgehead atoms. The van der Waals surface area contributed by atoms with E-state index in [9.17, 15) is 4.39 Å². The first-order valence-electron chi connectivity index (χ1n) is 10.1. The molecule has 1 atom stereocenters. The number of benzene rings is 1. The summed E-state index contributed by atoms with van der Waals surface area (Å²) < 4.78 is 13.9. The van der Waals surface area contributed by atoms with E-state index in [0.717, 1.165) is 19.5 Å². The summed E-state index contributed by atoms with van der Waals surface area (Å²) in [5, 5.41) is 0.372. The van der Waals surface area contributed by atoms with E-state index in [-0.39, 0.29) is 17.5 Å². The van der Waals surface area contributed by atoms with E-state index >= 15 is 0 Å². The zero-order chi connectivity index (χ0) is 22.7. The fourth-order valence-electron chi connectivity index (χ4n) is 3.67. The molecule has 0 aromatic heterocycles. The normalized spacial score (nSPS) is 22.7. The number of allylic oxidation sites excluding steroid dienone is 2. The molecule has 2 aliphatic heterocycles. The summed E-state index contributed by atoms with van der Waals surface area (Å²) in [5.41, 5.74) is 20.8. The standard InChI is InChI=1S/C21H28Cl2FN7/c1-12(29-20(26)13-5-7-30(2)10-13)17(25)9-18-21(27)28-6-8-31(18)11-14-15(22)3-4-16(24)19(14)23/h3-4,9,13H,5-8,10-11,25H2,1-2H3,(H2,26,29)(H2,27,28). The van der Waals surface area contributed by atoms with Crippen molar-refractivity contribution in [3.05, 3.63) is 56.7 Å². The molecule has 0 radical (unpaired) electrons. The molecule has 1 saturated heterocycles. The molecule has 0 aliphatic carbocycles. The number of nitrogens with two attached hydrogens (primary N) is 3. The van der Waals surface area contributed by atoms with Crippen LogP contribution in [0, 0.1) is 11.7 Å². The Labute approximate surface area is 192 Å². The Balaban J connectivity index is 1.88. The smallest absolute Gasteiger partial charge is 0.142 e. The van der Waals surface area contributed by atoms with Gasteiger partial charge in [0.1, 0.15) is 17.5 Å². The van der Waals surface area contributed by atoms with Gasteiger partial charge < -0.3 is 27.0 Å². The van der Waals surface area contributed by atoms with Gasteiger partial charge in [-0.15, -0.1) is 0 Å². The first-order valence-corrected chi connectivity index (χ1v) is 10.8. The summed E-state index contributed by atoms with van der Waals surface area (Å²) in [7, 11) is 2.06. The van der Waals surface area contributed by atoms with Crippen LogP contribution >= 0.6 is 23.2 Å². The molecular formula is C21H28Cl2FN7. The molecule has 0 amide bonds. The van der Waals surface area contributed by atoms with Gasteiger partial charge in [-0.3, -0.25) is 4.99 Å². The molecule has 0 spiro atoms. The summed E-state index contributed by atoms with van der Waals surface area (Å²) in [6.07, 6.45) is 2.69. The minimum Gasteiger partial charge on any atom is -0.397 e. The van der Waals surface area contributed by atoms with Crippen LogP contribution in [0.5, 0.6) is 0 Å². The van der Waals surface area contributed by atoms with Gasteiger partial charge in [-0.05, 0) is 45.1 Å². The predicted octanol–water partition coefficient (Wildman–Crippen LogP) is 2.69. The van der Waals surface area contributed by atoms with Crippen LogP contribution in [0.4, 0.5) is 4.39 Å². The second-order valence-corrected chi connectivity index (χ2v) is 8.65. The number of amidine groups is 2. The van der Waals surface area contributed by atoms with Crippen LogP contribution in [0.2, 0.25) is 10.0 Å². The maximum absolute atomic E-state index is 13.9. The summed E-state index contributed by atoms with van der Waals surface area (Å²) in [6, 6.07) is 2.73. The molecule has 0 saturated carbocycles. The Bertz CT molecular complexity index is 971. The first kappa shape index (κ1) is 23.4. The van der Waals surface area contributed by atoms with Crippen molar-refractivity contribution in [3.63, 3.8) is 0 Å². The Hall–Kier alpha value is -2.29. The second-order valence-electron chi connectivity index (χ2n) is 7.87. The van der Waals surface area contributed by atoms with Crippen molar-refractivity contribution < 1.29 is 4.39 Å². The third-order valence-electron chi connectivity index (χ3n) is 5.56. The molecule has 2 heterocycles. The third-order valence-corrected chi connectivity index (χ3v) is 6.32. The lowest BCUT2D eigenvalue weighted by Gasteiger charge is -2.31. The van der Waals surface area contributed by atoms with E-state index in [1.54, 1.807) is 13.0 Å². The Morgan fingerprint density at radius 2 is 2.06 bits per heavy atom. The van der Waals surface area contributed by atoms with Crippen molar-refractivity contribution in [1.29, 1.82) is 0 Å². The number of likely N-dealkylation sites (tertiary alicyclic amines) is 1. The quantitative estimate of drug-likeness (QED) is 0.350. The van der Waals surface area contributed by atoms with Crippen LogP contribution in [-0.4, -0.2) is 54.7 Å². The van der Waals surface area contributed by atoms with Gasteiger partial charge in [0, 0.05) is 36.1 Å². The Morgan fingerprint density at radius 1 is 1.32 bits per heavy atom. The molecule has 1 unspecified atom stereocenters. The Kier molecular flexibility index (Phi) is 7.46. The lowest BCUT2D eigenvalue weighted by molar-refractivity contribution is 0.352. The molecule has 31 heavy (non-hydrogen) atoms. The van der Waals surface area contributed by atoms with E-state index in [0.29, 0.717) is 52.4 Å². The highest BCUT2D eigenvalue weighted by Crippen LogP contribution is 2.30. The number of hydrogen-bond donors (Lipinski definition) is 3. The highest BCUT2D eigenvalue weighted by Gasteiger charge is 2.24. The maximum Gasteiger partial charge on any atom is 0.142 e. The lowest BCUT2D eigenvalue weighted by Crippen LogP contribution is -2.38. The molecule has 1 aromatic carbocycles. The van der Waals surface area contributed by atoms with Crippen molar-refractivity contribution >= 4 is 34.9 Å². The van der Waals surface area contributed by atoms with Crippen LogP contribution in [0.3, 0.4) is 0 Å². The van der Waals surface area contributed by atoms with Gasteiger partial charge >= 0.3 is 0 Å². The van der Waals surface area contributed by atoms with E-state index < -0.39 is 5.82 Å². The van der Waals surface area contributed by atoms with Crippen LogP contribution in [0.1, 0.15) is 18.9 Å². The number of hydrogen-bond acceptors (Lipinski definition) is 6. The van der Waals surface area contributed by atoms with Crippen molar-refractivity contribution in [2.45, 2.75) is 19.9 Å². The third kappa shape index (κ3) is 5.50. The first-order chi connectivity index (χ1) is 14.7. The summed E-state index contributed by atoms with van der Waals surface area (Å²) >= 11 is 12.4. The Morgan fingerprint density at radius 3 is 2.74 bits per heavy atom. The number of rotatable bonds is 5. The number of nitrogens with zero attached hydrogens (tertiary/aromatic N) is 4. The van der Waals surface area contributed by atoms with Crippen LogP contribution < -0.4 is 17.2 Å². The predicted molar refractivity (Wildman–Crippen MR) is 126 cm³/mol. The van der Waals surface area contributed by atoms with Gasteiger partial charge in [0.05, 0.1) is 28.7 Å². The molecule has 3 rings (SSSR count). The van der Waals surface area contributed by atoms with Crippen molar-refractivity contribution in [2.24, 2.45) is 33.1 Å². The molecular weight excluding hydrogens is 440 g/mol. The number of halogens is 3. The number of aliphatic imine (C=N–C) groups is 2. The zero-order valence-electron chi connectivity index (χ0n) is 17.7. The van der Waals surface area contributed by atoms with Gasteiger partial charge in [0.15, 0.2) is 0 Å². The SMILES string of the molecule is CC(N=C(N)C1CCN(C)C1)=C(N)C=C1C(N)=NCCN1Cc1c(Cl)ccc(F)c1Cl. The van der Waals surface area contributed by atoms with Crippen LogP contribution in [0.25, 0.3) is 0 Å². The molecule has 1 fully saturated rings. The molecule has 6 N–H and O–H groups in total. The monoisotopic (exact) mass is 467 g/mol. The zero-order valence-corrected chi connectivity index (χ0v) is 19.2. The highest BCUT2D eigenvalue weighted by atomic mass is 35.5. The highest BCUT2D eigenvalue weighted by molar-refractivity contribution is 6.36. The van der Waals surface area contributed by atoms with Gasteiger partial charge in [0.2, 0.25) is 0 Å². The maximum atomic E-state index is 13.9. The second kappa shape index (κ2) is 9.89. The van der Waals surface area contributed by atoms with Crippen LogP contribution in [-0.2, 0) is 6.54 Å². The van der Waals surface area contributed by atoms with Crippen molar-refractivity contribution in [3.8, 4) is 0 Å². The fourth-order valence-corrected chi connectivity index (χ4v) is 4.16. The van der Waals surface area contributed by atoms with E-state index in [2.05, 4.69) is 21.9 Å². The summed E-state index contributed by atoms with van der Waals surface area (Å²) in [4.78, 5) is 13.0. The van der Waals surface area contributed by atoms with Gasteiger partial charge in [-0.2, -0.15) is 0 Å². The average Bonchev–Trinajstić information content (AvgIpc) is 3.16. The van der Waals surface area contributed by atoms with Gasteiger partial charge in [0.25, 0.3) is 0 Å². The molecule has 1 aromatic rings. The lowest BCUT2D eigenvalue weighted by atomic mass is 10.1. The topological polar surface area (TPSA) is 109 Å². The van der Waals surface area contributed by atoms with Gasteiger partial charge in [-0.25, -0.2) is 9.38 Å². The fraction of sp³-hybridized carbons (Fsp3) is 0.429. The van der Waals surface area contributed by atoms with E-state index in [4.69, 9.17) is 40.4 Å². The van der Waals surface area contributed by atoms with Gasteiger partial charge in [-0.1, -0.05) is 23.2 Å². The molecule has 10 heteroatoms. The minimum atomic E-state index is -0.525.